The van der Waals surface area contributed by atoms with E-state index in [-0.39, 0.29) is 5.92 Å². The zero-order chi connectivity index (χ0) is 22.5. The van der Waals surface area contributed by atoms with Crippen molar-refractivity contribution in [1.82, 2.24) is 24.7 Å². The van der Waals surface area contributed by atoms with Gasteiger partial charge in [-0.2, -0.15) is 18.3 Å². The number of anilines is 2. The number of halogens is 5. The number of nitrogens with zero attached hydrogens (tertiary/aromatic N) is 7. The van der Waals surface area contributed by atoms with Gasteiger partial charge in [-0.15, -0.1) is 0 Å². The predicted octanol–water partition coefficient (Wildman–Crippen LogP) is 3.47. The highest BCUT2D eigenvalue weighted by atomic mass is 19.4. The first kappa shape index (κ1) is 20.8. The van der Waals surface area contributed by atoms with Crippen LogP contribution in [0.1, 0.15) is 12.0 Å². The molecule has 2 atom stereocenters. The first-order valence-electron chi connectivity index (χ1n) is 10.3. The van der Waals surface area contributed by atoms with Crippen LogP contribution >= 0.6 is 0 Å². The molecular formula is C20H20F5N7. The fourth-order valence-electron chi connectivity index (χ4n) is 4.60. The minimum Gasteiger partial charge on any atom is -0.370 e. The summed E-state index contributed by atoms with van der Waals surface area (Å²) in [6.07, 6.45) is -0.820. The van der Waals surface area contributed by atoms with Gasteiger partial charge in [0.1, 0.15) is 17.9 Å². The molecule has 0 unspecified atom stereocenters. The summed E-state index contributed by atoms with van der Waals surface area (Å²) < 4.78 is 65.9. The maximum Gasteiger partial charge on any atom is 0.417 e. The summed E-state index contributed by atoms with van der Waals surface area (Å²) >= 11 is 0. The van der Waals surface area contributed by atoms with E-state index in [1.54, 1.807) is 6.20 Å². The van der Waals surface area contributed by atoms with Crippen molar-refractivity contribution in [3.8, 4) is 0 Å². The van der Waals surface area contributed by atoms with Gasteiger partial charge < -0.3 is 9.80 Å². The van der Waals surface area contributed by atoms with Crippen LogP contribution in [0.3, 0.4) is 0 Å². The lowest BCUT2D eigenvalue weighted by Gasteiger charge is -2.35. The molecule has 5 heterocycles. The van der Waals surface area contributed by atoms with Gasteiger partial charge in [-0.3, -0.25) is 4.98 Å². The second-order valence-electron chi connectivity index (χ2n) is 8.24. The lowest BCUT2D eigenvalue weighted by Crippen LogP contribution is -2.40. The average Bonchev–Trinajstić information content (AvgIpc) is 3.36. The van der Waals surface area contributed by atoms with Gasteiger partial charge in [0.2, 0.25) is 0 Å². The second kappa shape index (κ2) is 7.82. The highest BCUT2D eigenvalue weighted by Crippen LogP contribution is 2.36. The van der Waals surface area contributed by atoms with Crippen LogP contribution < -0.4 is 9.80 Å². The van der Waals surface area contributed by atoms with Crippen molar-refractivity contribution >= 4 is 22.7 Å². The maximum absolute atomic E-state index is 13.0. The van der Waals surface area contributed by atoms with E-state index in [1.165, 1.54) is 12.4 Å². The summed E-state index contributed by atoms with van der Waals surface area (Å²) in [4.78, 5) is 16.6. The Hall–Kier alpha value is -3.05. The van der Waals surface area contributed by atoms with Gasteiger partial charge in [-0.1, -0.05) is 0 Å². The zero-order valence-corrected chi connectivity index (χ0v) is 16.9. The lowest BCUT2D eigenvalue weighted by atomic mass is 9.88. The van der Waals surface area contributed by atoms with Gasteiger partial charge in [0.05, 0.1) is 29.8 Å². The van der Waals surface area contributed by atoms with Gasteiger partial charge >= 0.3 is 6.18 Å². The van der Waals surface area contributed by atoms with Crippen LogP contribution in [0, 0.1) is 11.8 Å². The third-order valence-corrected chi connectivity index (χ3v) is 6.18. The number of pyridine rings is 1. The van der Waals surface area contributed by atoms with E-state index in [9.17, 15) is 22.0 Å². The zero-order valence-electron chi connectivity index (χ0n) is 16.9. The molecule has 12 heteroatoms. The Balaban J connectivity index is 1.32. The third-order valence-electron chi connectivity index (χ3n) is 6.18. The summed E-state index contributed by atoms with van der Waals surface area (Å²) in [5.41, 5.74) is 0.478. The van der Waals surface area contributed by atoms with E-state index in [0.29, 0.717) is 48.2 Å². The van der Waals surface area contributed by atoms with Crippen molar-refractivity contribution in [3.63, 3.8) is 0 Å². The van der Waals surface area contributed by atoms with Crippen LogP contribution in [0.15, 0.2) is 30.9 Å². The van der Waals surface area contributed by atoms with Crippen LogP contribution in [0.2, 0.25) is 0 Å². The molecule has 3 aromatic heterocycles. The number of hydrogen-bond donors (Lipinski definition) is 0. The Labute approximate surface area is 179 Å². The van der Waals surface area contributed by atoms with Crippen molar-refractivity contribution in [2.75, 3.05) is 36.0 Å². The van der Waals surface area contributed by atoms with Crippen LogP contribution in [-0.2, 0) is 12.7 Å². The fraction of sp³-hybridized carbons (Fsp3) is 0.500. The van der Waals surface area contributed by atoms with E-state index in [0.717, 1.165) is 29.9 Å². The summed E-state index contributed by atoms with van der Waals surface area (Å²) in [6.45, 7) is 2.11. The minimum absolute atomic E-state index is 0.238. The quantitative estimate of drug-likeness (QED) is 0.564. The standard InChI is InChI=1S/C20H20F5N7/c21-17(22)11-32-19-16(6-28-32)27-7-18(29-19)31-8-12-1-2-30(9-13(12)10-31)15-3-14(4-26-5-15)20(23,24)25/h3-7,12-13,17H,1-2,8-11H2/t12-,13+/m0/s1. The van der Waals surface area contributed by atoms with Crippen LogP contribution in [0.4, 0.5) is 33.5 Å². The van der Waals surface area contributed by atoms with Crippen molar-refractivity contribution in [2.24, 2.45) is 11.8 Å². The molecule has 170 valence electrons. The first-order chi connectivity index (χ1) is 15.3. The van der Waals surface area contributed by atoms with Crippen molar-refractivity contribution < 1.29 is 22.0 Å². The molecule has 2 aliphatic rings. The molecule has 5 rings (SSSR count). The molecule has 2 fully saturated rings. The molecule has 0 bridgehead atoms. The smallest absolute Gasteiger partial charge is 0.370 e. The van der Waals surface area contributed by atoms with E-state index < -0.39 is 24.7 Å². The van der Waals surface area contributed by atoms with Crippen molar-refractivity contribution in [3.05, 3.63) is 36.4 Å². The van der Waals surface area contributed by atoms with Gasteiger partial charge in [-0.25, -0.2) is 23.4 Å². The second-order valence-corrected chi connectivity index (χ2v) is 8.24. The van der Waals surface area contributed by atoms with Crippen LogP contribution in [0.5, 0.6) is 0 Å². The molecule has 32 heavy (non-hydrogen) atoms. The summed E-state index contributed by atoms with van der Waals surface area (Å²) in [5.74, 6) is 1.20. The molecule has 0 amide bonds. The Morgan fingerprint density at radius 2 is 1.78 bits per heavy atom. The molecule has 0 radical (unpaired) electrons. The normalized spacial score (nSPS) is 21.6. The largest absolute Gasteiger partial charge is 0.417 e. The molecule has 2 saturated heterocycles. The molecule has 0 aromatic carbocycles. The number of aromatic nitrogens is 5. The number of fused-ring (bicyclic) bond motifs is 2. The molecular weight excluding hydrogens is 433 g/mol. The fourth-order valence-corrected chi connectivity index (χ4v) is 4.60. The number of rotatable bonds is 4. The van der Waals surface area contributed by atoms with Crippen molar-refractivity contribution in [1.29, 1.82) is 0 Å². The van der Waals surface area contributed by atoms with Gasteiger partial charge in [0, 0.05) is 32.4 Å². The highest BCUT2D eigenvalue weighted by molar-refractivity contribution is 5.71. The average molecular weight is 453 g/mol. The van der Waals surface area contributed by atoms with Crippen LogP contribution in [-0.4, -0.2) is 57.3 Å². The van der Waals surface area contributed by atoms with E-state index in [1.807, 2.05) is 4.90 Å². The predicted molar refractivity (Wildman–Crippen MR) is 107 cm³/mol. The van der Waals surface area contributed by atoms with Gasteiger partial charge in [-0.05, 0) is 24.3 Å². The Morgan fingerprint density at radius 3 is 2.56 bits per heavy atom. The number of hydrogen-bond acceptors (Lipinski definition) is 6. The summed E-state index contributed by atoms with van der Waals surface area (Å²) in [6, 6.07) is 1.14. The number of alkyl halides is 5. The highest BCUT2D eigenvalue weighted by Gasteiger charge is 2.38. The number of piperidine rings is 1. The van der Waals surface area contributed by atoms with E-state index in [2.05, 4.69) is 25.0 Å². The van der Waals surface area contributed by atoms with Crippen LogP contribution in [0.25, 0.3) is 11.2 Å². The van der Waals surface area contributed by atoms with E-state index in [4.69, 9.17) is 0 Å². The van der Waals surface area contributed by atoms with Gasteiger partial charge in [0.15, 0.2) is 5.65 Å². The Morgan fingerprint density at radius 1 is 1.00 bits per heavy atom. The Bertz CT molecular complexity index is 1120. The maximum atomic E-state index is 13.0. The molecule has 0 aliphatic carbocycles. The summed E-state index contributed by atoms with van der Waals surface area (Å²) in [5, 5.41) is 3.94. The SMILES string of the molecule is FC(F)Cn1ncc2ncc(N3C[C@H]4CN(c5cncc(C(F)(F)F)c5)CC[C@H]4C3)nc21. The van der Waals surface area contributed by atoms with Gasteiger partial charge in [0.25, 0.3) is 6.43 Å². The van der Waals surface area contributed by atoms with Crippen molar-refractivity contribution in [2.45, 2.75) is 25.6 Å². The first-order valence-corrected chi connectivity index (χ1v) is 10.3. The van der Waals surface area contributed by atoms with E-state index >= 15 is 0 Å². The molecule has 0 saturated carbocycles. The summed E-state index contributed by atoms with van der Waals surface area (Å²) in [7, 11) is 0. The molecule has 0 spiro atoms. The molecule has 2 aliphatic heterocycles. The third kappa shape index (κ3) is 3.93. The molecule has 7 nitrogen and oxygen atoms in total. The Kier molecular flexibility index (Phi) is 5.09. The molecule has 3 aromatic rings. The monoisotopic (exact) mass is 453 g/mol. The minimum atomic E-state index is -4.43. The topological polar surface area (TPSA) is 63.0 Å². The molecule has 0 N–H and O–H groups in total. The lowest BCUT2D eigenvalue weighted by molar-refractivity contribution is -0.137.